The van der Waals surface area contributed by atoms with Gasteiger partial charge in [0.2, 0.25) is 5.91 Å². The minimum atomic E-state index is -0.105. The fraction of sp³-hybridized carbons (Fsp3) is 0.588. The Morgan fingerprint density at radius 1 is 1.10 bits per heavy atom. The molecule has 1 aromatic carbocycles. The van der Waals surface area contributed by atoms with Gasteiger partial charge in [0, 0.05) is 19.6 Å². The van der Waals surface area contributed by atoms with Crippen LogP contribution in [-0.4, -0.2) is 37.0 Å². The number of hydrogen-bond donors (Lipinski definition) is 1. The number of carbonyl (C=O) groups is 1. The summed E-state index contributed by atoms with van der Waals surface area (Å²) in [6.45, 7) is 3.76. The fourth-order valence-electron chi connectivity index (χ4n) is 3.44. The summed E-state index contributed by atoms with van der Waals surface area (Å²) in [5.41, 5.74) is 1.19. The highest BCUT2D eigenvalue weighted by Gasteiger charge is 2.45. The van der Waals surface area contributed by atoms with Crippen LogP contribution in [0.15, 0.2) is 30.3 Å². The standard InChI is InChI=1S/C17H24N2O/c20-16(19-12-5-10-18-11-13-19)17(8-4-9-17)14-15-6-2-1-3-7-15/h1-3,6-7,18H,4-5,8-14H2. The van der Waals surface area contributed by atoms with Gasteiger partial charge in [-0.05, 0) is 37.8 Å². The molecule has 3 heteroatoms. The summed E-state index contributed by atoms with van der Waals surface area (Å²) in [7, 11) is 0. The van der Waals surface area contributed by atoms with Crippen molar-refractivity contribution in [3.05, 3.63) is 35.9 Å². The average molecular weight is 272 g/mol. The monoisotopic (exact) mass is 272 g/mol. The molecule has 1 aromatic rings. The molecule has 1 heterocycles. The molecule has 2 fully saturated rings. The second kappa shape index (κ2) is 5.96. The van der Waals surface area contributed by atoms with E-state index in [4.69, 9.17) is 0 Å². The van der Waals surface area contributed by atoms with Crippen LogP contribution >= 0.6 is 0 Å². The van der Waals surface area contributed by atoms with Crippen molar-refractivity contribution in [2.24, 2.45) is 5.41 Å². The van der Waals surface area contributed by atoms with E-state index in [0.717, 1.165) is 51.9 Å². The number of hydrogen-bond acceptors (Lipinski definition) is 2. The first-order valence-electron chi connectivity index (χ1n) is 7.84. The average Bonchev–Trinajstić information content (AvgIpc) is 2.72. The zero-order valence-corrected chi connectivity index (χ0v) is 12.1. The van der Waals surface area contributed by atoms with Crippen molar-refractivity contribution in [2.45, 2.75) is 32.1 Å². The Labute approximate surface area is 121 Å². The smallest absolute Gasteiger partial charge is 0.229 e. The van der Waals surface area contributed by atoms with Crippen molar-refractivity contribution >= 4 is 5.91 Å². The number of carbonyl (C=O) groups excluding carboxylic acids is 1. The van der Waals surface area contributed by atoms with E-state index in [1.165, 1.54) is 12.0 Å². The van der Waals surface area contributed by atoms with Crippen LogP contribution < -0.4 is 5.32 Å². The van der Waals surface area contributed by atoms with Crippen LogP contribution in [0.3, 0.4) is 0 Å². The molecule has 1 saturated carbocycles. The first-order valence-corrected chi connectivity index (χ1v) is 7.84. The van der Waals surface area contributed by atoms with Crippen molar-refractivity contribution in [3.63, 3.8) is 0 Å². The van der Waals surface area contributed by atoms with Crippen LogP contribution in [0.2, 0.25) is 0 Å². The first kappa shape index (κ1) is 13.6. The number of nitrogens with one attached hydrogen (secondary N) is 1. The molecule has 0 bridgehead atoms. The van der Waals surface area contributed by atoms with E-state index in [1.807, 2.05) is 6.07 Å². The molecule has 108 valence electrons. The maximum atomic E-state index is 13.0. The number of nitrogens with zero attached hydrogens (tertiary/aromatic N) is 1. The van der Waals surface area contributed by atoms with E-state index in [-0.39, 0.29) is 5.41 Å². The van der Waals surface area contributed by atoms with E-state index < -0.39 is 0 Å². The lowest BCUT2D eigenvalue weighted by atomic mass is 9.64. The zero-order valence-electron chi connectivity index (χ0n) is 12.1. The molecule has 3 nitrogen and oxygen atoms in total. The third kappa shape index (κ3) is 2.73. The molecule has 3 rings (SSSR count). The third-order valence-corrected chi connectivity index (χ3v) is 4.78. The quantitative estimate of drug-likeness (QED) is 0.915. The van der Waals surface area contributed by atoms with Crippen LogP contribution in [-0.2, 0) is 11.2 Å². The highest BCUT2D eigenvalue weighted by Crippen LogP contribution is 2.45. The lowest BCUT2D eigenvalue weighted by molar-refractivity contribution is -0.147. The molecular weight excluding hydrogens is 248 g/mol. The van der Waals surface area contributed by atoms with Gasteiger partial charge in [-0.25, -0.2) is 0 Å². The molecular formula is C17H24N2O. The van der Waals surface area contributed by atoms with Gasteiger partial charge in [0.1, 0.15) is 0 Å². The van der Waals surface area contributed by atoms with Crippen LogP contribution in [0.1, 0.15) is 31.2 Å². The topological polar surface area (TPSA) is 32.3 Å². The fourth-order valence-corrected chi connectivity index (χ4v) is 3.44. The molecule has 0 radical (unpaired) electrons. The maximum Gasteiger partial charge on any atom is 0.229 e. The summed E-state index contributed by atoms with van der Waals surface area (Å²) < 4.78 is 0. The molecule has 0 unspecified atom stereocenters. The Morgan fingerprint density at radius 2 is 1.90 bits per heavy atom. The normalized spacial score (nSPS) is 21.9. The van der Waals surface area contributed by atoms with Gasteiger partial charge in [0.15, 0.2) is 0 Å². The lowest BCUT2D eigenvalue weighted by Gasteiger charge is -2.43. The molecule has 0 spiro atoms. The molecule has 1 aliphatic carbocycles. The SMILES string of the molecule is O=C(N1CCCNCC1)C1(Cc2ccccc2)CCC1. The highest BCUT2D eigenvalue weighted by atomic mass is 16.2. The Morgan fingerprint density at radius 3 is 2.60 bits per heavy atom. The van der Waals surface area contributed by atoms with E-state index in [9.17, 15) is 4.79 Å². The number of rotatable bonds is 3. The number of amides is 1. The Balaban J connectivity index is 1.72. The van der Waals surface area contributed by atoms with Gasteiger partial charge in [-0.3, -0.25) is 4.79 Å². The minimum Gasteiger partial charge on any atom is -0.341 e. The first-order chi connectivity index (χ1) is 9.80. The van der Waals surface area contributed by atoms with Gasteiger partial charge in [-0.1, -0.05) is 36.8 Å². The molecule has 1 aliphatic heterocycles. The Hall–Kier alpha value is -1.35. The second-order valence-corrected chi connectivity index (χ2v) is 6.19. The lowest BCUT2D eigenvalue weighted by Crippen LogP contribution is -2.50. The molecule has 1 N–H and O–H groups in total. The molecule has 2 aliphatic rings. The van der Waals surface area contributed by atoms with E-state index in [1.54, 1.807) is 0 Å². The Bertz CT molecular complexity index is 445. The van der Waals surface area contributed by atoms with Crippen molar-refractivity contribution in [1.82, 2.24) is 10.2 Å². The molecule has 1 saturated heterocycles. The van der Waals surface area contributed by atoms with Crippen molar-refractivity contribution in [1.29, 1.82) is 0 Å². The van der Waals surface area contributed by atoms with Gasteiger partial charge in [-0.15, -0.1) is 0 Å². The largest absolute Gasteiger partial charge is 0.341 e. The van der Waals surface area contributed by atoms with Gasteiger partial charge in [0.25, 0.3) is 0 Å². The summed E-state index contributed by atoms with van der Waals surface area (Å²) in [6.07, 6.45) is 5.31. The predicted octanol–water partition coefficient (Wildman–Crippen LogP) is 2.22. The van der Waals surface area contributed by atoms with E-state index in [0.29, 0.717) is 5.91 Å². The highest BCUT2D eigenvalue weighted by molar-refractivity contribution is 5.84. The van der Waals surface area contributed by atoms with E-state index >= 15 is 0 Å². The third-order valence-electron chi connectivity index (χ3n) is 4.78. The van der Waals surface area contributed by atoms with Crippen LogP contribution in [0, 0.1) is 5.41 Å². The predicted molar refractivity (Wildman–Crippen MR) is 80.5 cm³/mol. The van der Waals surface area contributed by atoms with Crippen molar-refractivity contribution in [3.8, 4) is 0 Å². The van der Waals surface area contributed by atoms with Crippen molar-refractivity contribution < 1.29 is 4.79 Å². The summed E-state index contributed by atoms with van der Waals surface area (Å²) in [4.78, 5) is 15.1. The summed E-state index contributed by atoms with van der Waals surface area (Å²) in [5.74, 6) is 0.399. The van der Waals surface area contributed by atoms with Gasteiger partial charge in [-0.2, -0.15) is 0 Å². The minimum absolute atomic E-state index is 0.105. The van der Waals surface area contributed by atoms with Gasteiger partial charge in [0.05, 0.1) is 5.41 Å². The molecule has 20 heavy (non-hydrogen) atoms. The molecule has 0 atom stereocenters. The second-order valence-electron chi connectivity index (χ2n) is 6.19. The van der Waals surface area contributed by atoms with E-state index in [2.05, 4.69) is 34.5 Å². The van der Waals surface area contributed by atoms with Crippen molar-refractivity contribution in [2.75, 3.05) is 26.2 Å². The van der Waals surface area contributed by atoms with Crippen LogP contribution in [0.4, 0.5) is 0 Å². The Kier molecular flexibility index (Phi) is 4.06. The summed E-state index contributed by atoms with van der Waals surface area (Å²) in [5, 5.41) is 3.38. The van der Waals surface area contributed by atoms with Crippen LogP contribution in [0.5, 0.6) is 0 Å². The molecule has 1 amide bonds. The van der Waals surface area contributed by atoms with Crippen LogP contribution in [0.25, 0.3) is 0 Å². The zero-order chi connectivity index (χ0) is 13.8. The number of benzene rings is 1. The maximum absolute atomic E-state index is 13.0. The summed E-state index contributed by atoms with van der Waals surface area (Å²) >= 11 is 0. The van der Waals surface area contributed by atoms with Gasteiger partial charge < -0.3 is 10.2 Å². The summed E-state index contributed by atoms with van der Waals surface area (Å²) in [6, 6.07) is 10.5. The molecule has 0 aromatic heterocycles. The van der Waals surface area contributed by atoms with Gasteiger partial charge >= 0.3 is 0 Å².